The Balaban J connectivity index is 1.62. The third-order valence-corrected chi connectivity index (χ3v) is 3.20. The van der Waals surface area contributed by atoms with Crippen LogP contribution < -0.4 is 15.2 Å². The van der Waals surface area contributed by atoms with Gasteiger partial charge in [-0.2, -0.15) is 0 Å². The van der Waals surface area contributed by atoms with Crippen molar-refractivity contribution in [3.63, 3.8) is 0 Å². The van der Waals surface area contributed by atoms with Gasteiger partial charge in [-0.15, -0.1) is 0 Å². The van der Waals surface area contributed by atoms with E-state index >= 15 is 0 Å². The maximum atomic E-state index is 5.86. The van der Waals surface area contributed by atoms with Crippen molar-refractivity contribution in [2.24, 2.45) is 5.73 Å². The Morgan fingerprint density at radius 2 is 1.48 bits per heavy atom. The van der Waals surface area contributed by atoms with Gasteiger partial charge < -0.3 is 15.2 Å². The van der Waals surface area contributed by atoms with Crippen LogP contribution in [0.3, 0.4) is 0 Å². The van der Waals surface area contributed by atoms with Crippen LogP contribution in [0.15, 0.2) is 54.6 Å². The largest absolute Gasteiger partial charge is 0.494 e. The molecule has 0 aliphatic rings. The summed E-state index contributed by atoms with van der Waals surface area (Å²) in [6, 6.07) is 17.9. The molecule has 0 saturated carbocycles. The standard InChI is InChI=1S/C18H23NO2/c1-15(19)16-8-7-11-18(14-16)21-13-6-5-12-20-17-9-3-2-4-10-17/h2-4,7-11,14-15H,5-6,12-13,19H2,1H3. The summed E-state index contributed by atoms with van der Waals surface area (Å²) in [5.41, 5.74) is 6.96. The summed E-state index contributed by atoms with van der Waals surface area (Å²) in [5, 5.41) is 0. The second kappa shape index (κ2) is 8.32. The van der Waals surface area contributed by atoms with Crippen LogP contribution in [0.25, 0.3) is 0 Å². The fraction of sp³-hybridized carbons (Fsp3) is 0.333. The van der Waals surface area contributed by atoms with E-state index in [1.54, 1.807) is 0 Å². The minimum atomic E-state index is 0.0350. The fourth-order valence-corrected chi connectivity index (χ4v) is 1.99. The molecule has 1 unspecified atom stereocenters. The Bertz CT molecular complexity index is 526. The van der Waals surface area contributed by atoms with E-state index < -0.39 is 0 Å². The zero-order chi connectivity index (χ0) is 14.9. The lowest BCUT2D eigenvalue weighted by Crippen LogP contribution is -2.06. The maximum absolute atomic E-state index is 5.86. The molecule has 0 heterocycles. The minimum absolute atomic E-state index is 0.0350. The Kier molecular flexibility index (Phi) is 6.10. The summed E-state index contributed by atoms with van der Waals surface area (Å²) in [5.74, 6) is 1.80. The summed E-state index contributed by atoms with van der Waals surface area (Å²) >= 11 is 0. The van der Waals surface area contributed by atoms with Crippen LogP contribution in [-0.2, 0) is 0 Å². The quantitative estimate of drug-likeness (QED) is 0.747. The Morgan fingerprint density at radius 3 is 2.14 bits per heavy atom. The van der Waals surface area contributed by atoms with Gasteiger partial charge in [0.15, 0.2) is 0 Å². The smallest absolute Gasteiger partial charge is 0.119 e. The monoisotopic (exact) mass is 285 g/mol. The molecular formula is C18H23NO2. The summed E-state index contributed by atoms with van der Waals surface area (Å²) in [4.78, 5) is 0. The molecule has 0 fully saturated rings. The molecule has 2 N–H and O–H groups in total. The van der Waals surface area contributed by atoms with Gasteiger partial charge in [-0.3, -0.25) is 0 Å². The lowest BCUT2D eigenvalue weighted by atomic mass is 10.1. The molecule has 0 amide bonds. The normalized spacial score (nSPS) is 11.9. The van der Waals surface area contributed by atoms with Crippen LogP contribution in [0.2, 0.25) is 0 Å². The molecule has 0 aliphatic carbocycles. The number of ether oxygens (including phenoxy) is 2. The molecule has 112 valence electrons. The van der Waals surface area contributed by atoms with Crippen LogP contribution >= 0.6 is 0 Å². The average molecular weight is 285 g/mol. The highest BCUT2D eigenvalue weighted by Crippen LogP contribution is 2.17. The van der Waals surface area contributed by atoms with Crippen molar-refractivity contribution in [3.8, 4) is 11.5 Å². The number of rotatable bonds is 8. The zero-order valence-electron chi connectivity index (χ0n) is 12.5. The highest BCUT2D eigenvalue weighted by Gasteiger charge is 2.01. The van der Waals surface area contributed by atoms with Crippen molar-refractivity contribution in [2.75, 3.05) is 13.2 Å². The van der Waals surface area contributed by atoms with Crippen molar-refractivity contribution >= 4 is 0 Å². The van der Waals surface area contributed by atoms with Crippen molar-refractivity contribution in [1.82, 2.24) is 0 Å². The Hall–Kier alpha value is -2.00. The number of benzene rings is 2. The minimum Gasteiger partial charge on any atom is -0.494 e. The van der Waals surface area contributed by atoms with Crippen molar-refractivity contribution in [3.05, 3.63) is 60.2 Å². The molecule has 0 saturated heterocycles. The molecule has 0 spiro atoms. The van der Waals surface area contributed by atoms with Gasteiger partial charge in [-0.1, -0.05) is 30.3 Å². The first-order chi connectivity index (χ1) is 10.3. The topological polar surface area (TPSA) is 44.5 Å². The first-order valence-corrected chi connectivity index (χ1v) is 7.42. The molecule has 1 atom stereocenters. The van der Waals surface area contributed by atoms with Gasteiger partial charge in [-0.25, -0.2) is 0 Å². The number of para-hydroxylation sites is 1. The SMILES string of the molecule is CC(N)c1cccc(OCCCCOc2ccccc2)c1. The Labute approximate surface area is 126 Å². The Morgan fingerprint density at radius 1 is 0.857 bits per heavy atom. The summed E-state index contributed by atoms with van der Waals surface area (Å²) in [7, 11) is 0. The molecule has 0 bridgehead atoms. The molecule has 2 rings (SSSR count). The van der Waals surface area contributed by atoms with Crippen molar-refractivity contribution in [2.45, 2.75) is 25.8 Å². The van der Waals surface area contributed by atoms with Crippen LogP contribution in [0, 0.1) is 0 Å². The first kappa shape index (κ1) is 15.4. The van der Waals surface area contributed by atoms with Gasteiger partial charge in [0.25, 0.3) is 0 Å². The lowest BCUT2D eigenvalue weighted by Gasteiger charge is -2.10. The van der Waals surface area contributed by atoms with E-state index in [2.05, 4.69) is 0 Å². The van der Waals surface area contributed by atoms with Crippen LogP contribution in [-0.4, -0.2) is 13.2 Å². The van der Waals surface area contributed by atoms with E-state index in [0.717, 1.165) is 29.9 Å². The zero-order valence-corrected chi connectivity index (χ0v) is 12.5. The van der Waals surface area contributed by atoms with Gasteiger partial charge in [0.1, 0.15) is 11.5 Å². The molecule has 3 nitrogen and oxygen atoms in total. The second-order valence-electron chi connectivity index (χ2n) is 5.08. The summed E-state index contributed by atoms with van der Waals surface area (Å²) < 4.78 is 11.4. The average Bonchev–Trinajstić information content (AvgIpc) is 2.52. The predicted molar refractivity (Wildman–Crippen MR) is 85.7 cm³/mol. The van der Waals surface area contributed by atoms with Crippen LogP contribution in [0.5, 0.6) is 11.5 Å². The second-order valence-corrected chi connectivity index (χ2v) is 5.08. The highest BCUT2D eigenvalue weighted by atomic mass is 16.5. The van der Waals surface area contributed by atoms with E-state index in [-0.39, 0.29) is 6.04 Å². The van der Waals surface area contributed by atoms with Crippen molar-refractivity contribution < 1.29 is 9.47 Å². The van der Waals surface area contributed by atoms with E-state index in [9.17, 15) is 0 Å². The first-order valence-electron chi connectivity index (χ1n) is 7.42. The third-order valence-electron chi connectivity index (χ3n) is 3.20. The highest BCUT2D eigenvalue weighted by molar-refractivity contribution is 5.30. The molecule has 21 heavy (non-hydrogen) atoms. The lowest BCUT2D eigenvalue weighted by molar-refractivity contribution is 0.266. The van der Waals surface area contributed by atoms with Crippen LogP contribution in [0.4, 0.5) is 0 Å². The molecule has 0 aliphatic heterocycles. The maximum Gasteiger partial charge on any atom is 0.119 e. The van der Waals surface area contributed by atoms with Crippen LogP contribution in [0.1, 0.15) is 31.4 Å². The van der Waals surface area contributed by atoms with Gasteiger partial charge in [-0.05, 0) is 49.6 Å². The molecule has 0 radical (unpaired) electrons. The third kappa shape index (κ3) is 5.48. The van der Waals surface area contributed by atoms with Gasteiger partial charge in [0, 0.05) is 6.04 Å². The van der Waals surface area contributed by atoms with Gasteiger partial charge in [0.2, 0.25) is 0 Å². The predicted octanol–water partition coefficient (Wildman–Crippen LogP) is 3.94. The molecular weight excluding hydrogens is 262 g/mol. The van der Waals surface area contributed by atoms with E-state index in [0.29, 0.717) is 13.2 Å². The van der Waals surface area contributed by atoms with E-state index in [4.69, 9.17) is 15.2 Å². The van der Waals surface area contributed by atoms with E-state index in [1.165, 1.54) is 0 Å². The van der Waals surface area contributed by atoms with Gasteiger partial charge >= 0.3 is 0 Å². The number of hydrogen-bond acceptors (Lipinski definition) is 3. The number of unbranched alkanes of at least 4 members (excludes halogenated alkanes) is 1. The van der Waals surface area contributed by atoms with Crippen molar-refractivity contribution in [1.29, 1.82) is 0 Å². The van der Waals surface area contributed by atoms with Gasteiger partial charge in [0.05, 0.1) is 13.2 Å². The van der Waals surface area contributed by atoms with E-state index in [1.807, 2.05) is 61.5 Å². The number of hydrogen-bond donors (Lipinski definition) is 1. The molecule has 2 aromatic rings. The number of nitrogens with two attached hydrogens (primary N) is 1. The molecule has 2 aromatic carbocycles. The summed E-state index contributed by atoms with van der Waals surface area (Å²) in [6.07, 6.45) is 1.94. The fourth-order valence-electron chi connectivity index (χ4n) is 1.99. The molecule has 3 heteroatoms. The molecule has 0 aromatic heterocycles. The summed E-state index contributed by atoms with van der Waals surface area (Å²) in [6.45, 7) is 3.38.